The first-order valence-electron chi connectivity index (χ1n) is 4.60. The Morgan fingerprint density at radius 3 is 2.50 bits per heavy atom. The van der Waals surface area contributed by atoms with Crippen molar-refractivity contribution in [3.8, 4) is 0 Å². The zero-order valence-corrected chi connectivity index (χ0v) is 12.1. The van der Waals surface area contributed by atoms with Crippen LogP contribution in [0.2, 0.25) is 0 Å². The number of benzene rings is 1. The molecule has 1 amide bonds. The average Bonchev–Trinajstić information content (AvgIpc) is 2.29. The second-order valence-electron chi connectivity index (χ2n) is 3.04. The first-order valence-corrected chi connectivity index (χ1v) is 8.58. The molecule has 0 fully saturated rings. The van der Waals surface area contributed by atoms with Gasteiger partial charge in [0.1, 0.15) is 0 Å². The van der Waals surface area contributed by atoms with Gasteiger partial charge in [0, 0.05) is 0 Å². The van der Waals surface area contributed by atoms with Crippen molar-refractivity contribution in [1.82, 2.24) is 5.32 Å². The molecule has 3 N–H and O–H groups in total. The van der Waals surface area contributed by atoms with Crippen LogP contribution in [0.25, 0.3) is 0 Å². The van der Waals surface area contributed by atoms with Gasteiger partial charge in [-0.25, -0.2) is 0 Å². The standard InChI is InChI=1S/C8H9N2O.C2H2ClO.Sn/c1-10-8(11)6-2-4-7(9)5-3-6;3-1-2-4;/h2-5H,1,9H2,(H,10,11);1H2;. The summed E-state index contributed by atoms with van der Waals surface area (Å²) in [7, 11) is 0. The molecule has 0 aliphatic rings. The van der Waals surface area contributed by atoms with E-state index in [4.69, 9.17) is 17.3 Å². The van der Waals surface area contributed by atoms with Crippen molar-refractivity contribution in [1.29, 1.82) is 0 Å². The maximum absolute atomic E-state index is 11.6. The zero-order valence-electron chi connectivity index (χ0n) is 8.50. The first kappa shape index (κ1) is 13.3. The normalized spacial score (nSPS) is 9.81. The van der Waals surface area contributed by atoms with E-state index >= 15 is 0 Å². The van der Waals surface area contributed by atoms with Crippen molar-refractivity contribution >= 4 is 48.1 Å². The first-order chi connectivity index (χ1) is 7.63. The number of nitrogens with one attached hydrogen (secondary N) is 1. The number of rotatable bonds is 5. The summed E-state index contributed by atoms with van der Waals surface area (Å²) >= 11 is 4.15. The minimum atomic E-state index is -1.22. The monoisotopic (exact) mass is 346 g/mol. The van der Waals surface area contributed by atoms with Gasteiger partial charge in [0.25, 0.3) is 0 Å². The summed E-state index contributed by atoms with van der Waals surface area (Å²) < 4.78 is 0.556. The van der Waals surface area contributed by atoms with Gasteiger partial charge in [-0.2, -0.15) is 0 Å². The molecule has 1 aromatic carbocycles. The van der Waals surface area contributed by atoms with Crippen molar-refractivity contribution in [2.75, 3.05) is 16.2 Å². The van der Waals surface area contributed by atoms with E-state index in [-0.39, 0.29) is 15.6 Å². The Labute approximate surface area is 109 Å². The van der Waals surface area contributed by atoms with Gasteiger partial charge in [0.15, 0.2) is 0 Å². The summed E-state index contributed by atoms with van der Waals surface area (Å²) in [5.41, 5.74) is 6.67. The molecule has 0 bridgehead atoms. The van der Waals surface area contributed by atoms with Gasteiger partial charge in [0.05, 0.1) is 0 Å². The number of hydrogen-bond acceptors (Lipinski definition) is 3. The summed E-state index contributed by atoms with van der Waals surface area (Å²) in [6, 6.07) is 6.63. The molecule has 6 heteroatoms. The van der Waals surface area contributed by atoms with E-state index in [0.717, 1.165) is 0 Å². The summed E-state index contributed by atoms with van der Waals surface area (Å²) in [4.78, 5) is 22.5. The SMILES string of the molecule is Nc1ccc(C(=O)N[CH2][Sn][C](=O)CCl)cc1. The Hall–Kier alpha value is -0.751. The Bertz CT molecular complexity index is 381. The van der Waals surface area contributed by atoms with Gasteiger partial charge in [-0.3, -0.25) is 0 Å². The van der Waals surface area contributed by atoms with Crippen LogP contribution in [0.15, 0.2) is 24.3 Å². The molecular weight excluding hydrogens is 334 g/mol. The van der Waals surface area contributed by atoms with Gasteiger partial charge in [0.2, 0.25) is 0 Å². The third-order valence-corrected chi connectivity index (χ3v) is 5.35. The van der Waals surface area contributed by atoms with Crippen molar-refractivity contribution in [2.24, 2.45) is 0 Å². The molecule has 16 heavy (non-hydrogen) atoms. The molecule has 84 valence electrons. The van der Waals surface area contributed by atoms with Crippen LogP contribution in [0, 0.1) is 0 Å². The fourth-order valence-electron chi connectivity index (χ4n) is 1.01. The average molecular weight is 345 g/mol. The number of hydrogen-bond donors (Lipinski definition) is 2. The van der Waals surface area contributed by atoms with Crippen LogP contribution in [-0.4, -0.2) is 41.3 Å². The van der Waals surface area contributed by atoms with Crippen molar-refractivity contribution in [3.63, 3.8) is 0 Å². The fourth-order valence-corrected chi connectivity index (χ4v) is 3.18. The van der Waals surface area contributed by atoms with E-state index in [0.29, 0.717) is 15.8 Å². The number of nitrogen functional groups attached to an aromatic ring is 1. The molecule has 0 aliphatic carbocycles. The molecular formula is C10H11ClN2O2Sn. The zero-order chi connectivity index (χ0) is 12.0. The molecule has 2 radical (unpaired) electrons. The maximum atomic E-state index is 11.6. The summed E-state index contributed by atoms with van der Waals surface area (Å²) in [5.74, 6) is -0.118. The third kappa shape index (κ3) is 4.40. The van der Waals surface area contributed by atoms with Crippen LogP contribution in [0.1, 0.15) is 10.4 Å². The summed E-state index contributed by atoms with van der Waals surface area (Å²) in [6.07, 6.45) is 0. The molecule has 0 aromatic heterocycles. The Kier molecular flexibility index (Phi) is 5.62. The van der Waals surface area contributed by atoms with Gasteiger partial charge < -0.3 is 0 Å². The van der Waals surface area contributed by atoms with E-state index in [9.17, 15) is 9.59 Å². The molecule has 4 nitrogen and oxygen atoms in total. The predicted molar refractivity (Wildman–Crippen MR) is 64.7 cm³/mol. The van der Waals surface area contributed by atoms with Crippen molar-refractivity contribution in [2.45, 2.75) is 0 Å². The quantitative estimate of drug-likeness (QED) is 0.462. The molecule has 1 aromatic rings. The van der Waals surface area contributed by atoms with E-state index in [1.165, 1.54) is 0 Å². The minimum absolute atomic E-state index is 0.0594. The molecule has 1 rings (SSSR count). The van der Waals surface area contributed by atoms with E-state index in [1.807, 2.05) is 0 Å². The van der Waals surface area contributed by atoms with Gasteiger partial charge in [-0.1, -0.05) is 0 Å². The van der Waals surface area contributed by atoms with E-state index < -0.39 is 21.1 Å². The number of carbonyl (C=O) groups excluding carboxylic acids is 2. The van der Waals surface area contributed by atoms with Crippen molar-refractivity contribution in [3.05, 3.63) is 29.8 Å². The third-order valence-electron chi connectivity index (χ3n) is 1.83. The second kappa shape index (κ2) is 6.75. The van der Waals surface area contributed by atoms with Gasteiger partial charge in [-0.05, 0) is 0 Å². The number of anilines is 1. The second-order valence-corrected chi connectivity index (χ2v) is 6.92. The number of halogens is 1. The van der Waals surface area contributed by atoms with Crippen LogP contribution < -0.4 is 11.1 Å². The van der Waals surface area contributed by atoms with E-state index in [2.05, 4.69) is 5.32 Å². The molecule has 0 heterocycles. The Morgan fingerprint density at radius 1 is 1.31 bits per heavy atom. The van der Waals surface area contributed by atoms with Gasteiger partial charge in [-0.15, -0.1) is 0 Å². The molecule has 0 spiro atoms. The van der Waals surface area contributed by atoms with Crippen LogP contribution in [0.5, 0.6) is 0 Å². The number of alkyl halides is 1. The number of carbonyl (C=O) groups is 2. The molecule has 0 atom stereocenters. The predicted octanol–water partition coefficient (Wildman–Crippen LogP) is 0.426. The van der Waals surface area contributed by atoms with Crippen molar-refractivity contribution < 1.29 is 9.59 Å². The molecule has 0 unspecified atom stereocenters. The van der Waals surface area contributed by atoms with E-state index in [1.54, 1.807) is 24.3 Å². The van der Waals surface area contributed by atoms with Crippen LogP contribution in [0.3, 0.4) is 0 Å². The summed E-state index contributed by atoms with van der Waals surface area (Å²) in [6.45, 7) is 0. The van der Waals surface area contributed by atoms with Crippen LogP contribution in [0.4, 0.5) is 5.69 Å². The Balaban J connectivity index is 2.41. The summed E-state index contributed by atoms with van der Waals surface area (Å²) in [5, 5.41) is 2.70. The van der Waals surface area contributed by atoms with Gasteiger partial charge >= 0.3 is 109 Å². The number of nitrogens with two attached hydrogens (primary N) is 1. The fraction of sp³-hybridized carbons (Fsp3) is 0.200. The van der Waals surface area contributed by atoms with Crippen LogP contribution in [-0.2, 0) is 4.79 Å². The molecule has 0 saturated heterocycles. The molecule has 0 saturated carbocycles. The number of amides is 1. The Morgan fingerprint density at radius 2 is 1.94 bits per heavy atom. The topological polar surface area (TPSA) is 72.2 Å². The van der Waals surface area contributed by atoms with Crippen LogP contribution >= 0.6 is 11.6 Å². The molecule has 0 aliphatic heterocycles.